The normalized spacial score (nSPS) is 19.5. The molecule has 2 aromatic rings. The molecule has 136 valence electrons. The molecular weight excluding hydrogens is 361 g/mol. The van der Waals surface area contributed by atoms with Gasteiger partial charge in [-0.25, -0.2) is 9.18 Å². The van der Waals surface area contributed by atoms with Crippen molar-refractivity contribution in [3.8, 4) is 0 Å². The van der Waals surface area contributed by atoms with Gasteiger partial charge in [0.25, 0.3) is 5.91 Å². The van der Waals surface area contributed by atoms with Crippen molar-refractivity contribution >= 4 is 29.3 Å². The molecule has 1 aliphatic heterocycles. The van der Waals surface area contributed by atoms with Crippen LogP contribution in [0.4, 0.5) is 14.9 Å². The summed E-state index contributed by atoms with van der Waals surface area (Å²) < 4.78 is 18.5. The lowest BCUT2D eigenvalue weighted by Gasteiger charge is -2.23. The number of rotatable bonds is 4. The maximum absolute atomic E-state index is 13.3. The van der Waals surface area contributed by atoms with Crippen LogP contribution in [0.1, 0.15) is 12.0 Å². The average molecular weight is 378 g/mol. The van der Waals surface area contributed by atoms with E-state index in [1.54, 1.807) is 24.3 Å². The summed E-state index contributed by atoms with van der Waals surface area (Å²) in [4.78, 5) is 26.1. The van der Waals surface area contributed by atoms with Crippen LogP contribution < -0.4 is 16.0 Å². The standard InChI is InChI=1S/C18H17ClFN3O3/c19-13-8-12(9-14(20)10-13)11-22-17(25)26-18(21)6-7-23(16(18)24)15-4-2-1-3-5-15/h1-5,8-10H,6-7,11,21H2,(H,22,25)/t18-/m0/s1. The van der Waals surface area contributed by atoms with E-state index in [0.717, 1.165) is 6.07 Å². The van der Waals surface area contributed by atoms with Crippen molar-refractivity contribution in [1.29, 1.82) is 0 Å². The topological polar surface area (TPSA) is 84.7 Å². The van der Waals surface area contributed by atoms with Crippen molar-refractivity contribution in [3.63, 3.8) is 0 Å². The zero-order valence-electron chi connectivity index (χ0n) is 13.7. The number of para-hydroxylation sites is 1. The average Bonchev–Trinajstić information content (AvgIpc) is 2.88. The Bertz CT molecular complexity index is 813. The first-order valence-electron chi connectivity index (χ1n) is 7.95. The molecule has 0 aromatic heterocycles. The van der Waals surface area contributed by atoms with E-state index in [1.165, 1.54) is 17.0 Å². The van der Waals surface area contributed by atoms with Crippen molar-refractivity contribution < 1.29 is 18.7 Å². The number of nitrogens with zero attached hydrogens (tertiary/aromatic N) is 1. The number of benzene rings is 2. The van der Waals surface area contributed by atoms with E-state index in [-0.39, 0.29) is 18.0 Å². The Morgan fingerprint density at radius 3 is 2.73 bits per heavy atom. The fraction of sp³-hybridized carbons (Fsp3) is 0.222. The van der Waals surface area contributed by atoms with Crippen LogP contribution in [0.3, 0.4) is 0 Å². The summed E-state index contributed by atoms with van der Waals surface area (Å²) in [6.07, 6.45) is -0.698. The Hall–Kier alpha value is -2.64. The summed E-state index contributed by atoms with van der Waals surface area (Å²) in [7, 11) is 0. The molecule has 0 spiro atoms. The Kier molecular flexibility index (Phi) is 5.11. The third kappa shape index (κ3) is 3.95. The molecule has 0 bridgehead atoms. The maximum Gasteiger partial charge on any atom is 0.409 e. The van der Waals surface area contributed by atoms with Crippen LogP contribution in [0.15, 0.2) is 48.5 Å². The fourth-order valence-corrected chi connectivity index (χ4v) is 3.00. The molecule has 0 unspecified atom stereocenters. The highest BCUT2D eigenvalue weighted by molar-refractivity contribution is 6.30. The predicted molar refractivity (Wildman–Crippen MR) is 95.1 cm³/mol. The lowest BCUT2D eigenvalue weighted by atomic mass is 10.2. The van der Waals surface area contributed by atoms with Gasteiger partial charge < -0.3 is 15.0 Å². The summed E-state index contributed by atoms with van der Waals surface area (Å²) in [5.74, 6) is -1.00. The molecule has 8 heteroatoms. The van der Waals surface area contributed by atoms with Gasteiger partial charge in [-0.05, 0) is 35.9 Å². The molecule has 1 atom stereocenters. The van der Waals surface area contributed by atoms with Crippen LogP contribution in [-0.2, 0) is 16.1 Å². The number of anilines is 1. The molecule has 1 aliphatic rings. The minimum Gasteiger partial charge on any atom is -0.418 e. The number of nitrogens with two attached hydrogens (primary N) is 1. The lowest BCUT2D eigenvalue weighted by Crippen LogP contribution is -2.53. The van der Waals surface area contributed by atoms with Crippen molar-refractivity contribution in [2.24, 2.45) is 5.73 Å². The first-order chi connectivity index (χ1) is 12.4. The van der Waals surface area contributed by atoms with E-state index in [4.69, 9.17) is 22.1 Å². The number of carbonyl (C=O) groups excluding carboxylic acids is 2. The van der Waals surface area contributed by atoms with E-state index in [0.29, 0.717) is 17.8 Å². The minimum absolute atomic E-state index is 0.0109. The second kappa shape index (κ2) is 7.31. The van der Waals surface area contributed by atoms with Crippen LogP contribution in [0, 0.1) is 5.82 Å². The monoisotopic (exact) mass is 377 g/mol. The molecule has 2 aromatic carbocycles. The second-order valence-electron chi connectivity index (χ2n) is 5.95. The van der Waals surface area contributed by atoms with Crippen LogP contribution >= 0.6 is 11.6 Å². The SMILES string of the molecule is N[C@]1(OC(=O)NCc2cc(F)cc(Cl)c2)CCN(c2ccccc2)C1=O. The number of halogens is 2. The van der Waals surface area contributed by atoms with E-state index < -0.39 is 23.5 Å². The molecule has 1 saturated heterocycles. The molecule has 0 aliphatic carbocycles. The van der Waals surface area contributed by atoms with Gasteiger partial charge in [-0.2, -0.15) is 0 Å². The number of hydrogen-bond donors (Lipinski definition) is 2. The van der Waals surface area contributed by atoms with Gasteiger partial charge in [0.05, 0.1) is 0 Å². The zero-order chi connectivity index (χ0) is 18.7. The molecule has 3 N–H and O–H groups in total. The summed E-state index contributed by atoms with van der Waals surface area (Å²) >= 11 is 5.76. The molecule has 26 heavy (non-hydrogen) atoms. The van der Waals surface area contributed by atoms with Gasteiger partial charge in [-0.1, -0.05) is 29.8 Å². The molecule has 2 amide bonds. The van der Waals surface area contributed by atoms with Gasteiger partial charge in [0, 0.05) is 30.2 Å². The first kappa shape index (κ1) is 18.2. The largest absolute Gasteiger partial charge is 0.418 e. The van der Waals surface area contributed by atoms with Crippen LogP contribution in [0.25, 0.3) is 0 Å². The molecule has 0 saturated carbocycles. The van der Waals surface area contributed by atoms with Crippen molar-refractivity contribution in [2.45, 2.75) is 18.7 Å². The van der Waals surface area contributed by atoms with Crippen LogP contribution in [-0.4, -0.2) is 24.3 Å². The van der Waals surface area contributed by atoms with Crippen molar-refractivity contribution in [3.05, 3.63) is 64.9 Å². The third-order valence-corrected chi connectivity index (χ3v) is 4.23. The van der Waals surface area contributed by atoms with E-state index in [9.17, 15) is 14.0 Å². The van der Waals surface area contributed by atoms with Crippen molar-refractivity contribution in [2.75, 3.05) is 11.4 Å². The number of alkyl carbamates (subject to hydrolysis) is 1. The highest BCUT2D eigenvalue weighted by Gasteiger charge is 2.47. The number of amides is 2. The second-order valence-corrected chi connectivity index (χ2v) is 6.39. The smallest absolute Gasteiger partial charge is 0.409 e. The number of ether oxygens (including phenoxy) is 1. The summed E-state index contributed by atoms with van der Waals surface area (Å²) in [5, 5.41) is 2.66. The quantitative estimate of drug-likeness (QED) is 0.802. The Morgan fingerprint density at radius 1 is 1.31 bits per heavy atom. The molecular formula is C18H17ClFN3O3. The Balaban J connectivity index is 1.61. The summed E-state index contributed by atoms with van der Waals surface area (Å²) in [5.41, 5.74) is 5.40. The maximum atomic E-state index is 13.3. The lowest BCUT2D eigenvalue weighted by molar-refractivity contribution is -0.133. The molecule has 0 radical (unpaired) electrons. The zero-order valence-corrected chi connectivity index (χ0v) is 14.5. The highest BCUT2D eigenvalue weighted by Crippen LogP contribution is 2.27. The summed E-state index contributed by atoms with van der Waals surface area (Å²) in [6.45, 7) is 0.328. The van der Waals surface area contributed by atoms with Gasteiger partial charge in [-0.15, -0.1) is 0 Å². The van der Waals surface area contributed by atoms with Crippen LogP contribution in [0.2, 0.25) is 5.02 Å². The van der Waals surface area contributed by atoms with Gasteiger partial charge in [0.2, 0.25) is 5.72 Å². The Morgan fingerprint density at radius 2 is 2.04 bits per heavy atom. The fourth-order valence-electron chi connectivity index (χ4n) is 2.75. The first-order valence-corrected chi connectivity index (χ1v) is 8.33. The molecule has 3 rings (SSSR count). The summed E-state index contributed by atoms with van der Waals surface area (Å²) in [6, 6.07) is 12.9. The minimum atomic E-state index is -1.74. The number of carbonyl (C=O) groups is 2. The third-order valence-electron chi connectivity index (χ3n) is 4.02. The molecule has 1 fully saturated rings. The van der Waals surface area contributed by atoms with Gasteiger partial charge in [0.15, 0.2) is 0 Å². The highest BCUT2D eigenvalue weighted by atomic mass is 35.5. The van der Waals surface area contributed by atoms with Crippen LogP contribution in [0.5, 0.6) is 0 Å². The Labute approximate surface area is 154 Å². The number of hydrogen-bond acceptors (Lipinski definition) is 4. The molecule has 6 nitrogen and oxygen atoms in total. The van der Waals surface area contributed by atoms with Gasteiger partial charge in [0.1, 0.15) is 5.82 Å². The number of nitrogens with one attached hydrogen (secondary N) is 1. The van der Waals surface area contributed by atoms with Gasteiger partial charge >= 0.3 is 6.09 Å². The van der Waals surface area contributed by atoms with Gasteiger partial charge in [-0.3, -0.25) is 10.5 Å². The van der Waals surface area contributed by atoms with E-state index in [2.05, 4.69) is 5.32 Å². The predicted octanol–water partition coefficient (Wildman–Crippen LogP) is 2.80. The van der Waals surface area contributed by atoms with E-state index >= 15 is 0 Å². The van der Waals surface area contributed by atoms with E-state index in [1.807, 2.05) is 6.07 Å². The van der Waals surface area contributed by atoms with Crippen molar-refractivity contribution in [1.82, 2.24) is 5.32 Å². The molecule has 1 heterocycles.